The SMILES string of the molecule is C[C@@H]1CN(c2nc(N(C)C)nc(N)c2[N+](=O)[O-])C[C@H](C)O1. The van der Waals surface area contributed by atoms with Crippen molar-refractivity contribution in [3.63, 3.8) is 0 Å². The normalized spacial score (nSPS) is 22.2. The Bertz CT molecular complexity index is 540. The van der Waals surface area contributed by atoms with Crippen molar-refractivity contribution in [3.8, 4) is 0 Å². The van der Waals surface area contributed by atoms with Crippen molar-refractivity contribution in [2.24, 2.45) is 0 Å². The molecule has 1 saturated heterocycles. The number of nitrogens with two attached hydrogens (primary N) is 1. The van der Waals surface area contributed by atoms with Crippen molar-refractivity contribution < 1.29 is 9.66 Å². The number of nitro groups is 1. The quantitative estimate of drug-likeness (QED) is 0.639. The largest absolute Gasteiger partial charge is 0.378 e. The van der Waals surface area contributed by atoms with E-state index in [9.17, 15) is 10.1 Å². The summed E-state index contributed by atoms with van der Waals surface area (Å²) in [6.45, 7) is 4.89. The molecule has 2 rings (SSSR count). The fourth-order valence-corrected chi connectivity index (χ4v) is 2.39. The summed E-state index contributed by atoms with van der Waals surface area (Å²) in [5, 5.41) is 11.3. The van der Waals surface area contributed by atoms with Gasteiger partial charge in [0.25, 0.3) is 0 Å². The molecule has 0 aliphatic carbocycles. The number of rotatable bonds is 3. The third-order valence-corrected chi connectivity index (χ3v) is 3.18. The summed E-state index contributed by atoms with van der Waals surface area (Å²) in [6.07, 6.45) is -0.0697. The molecule has 1 aliphatic heterocycles. The number of morpholine rings is 1. The van der Waals surface area contributed by atoms with Crippen molar-refractivity contribution >= 4 is 23.3 Å². The molecular formula is C12H20N6O3. The fraction of sp³-hybridized carbons (Fsp3) is 0.667. The summed E-state index contributed by atoms with van der Waals surface area (Å²) in [7, 11) is 3.52. The lowest BCUT2D eigenvalue weighted by Gasteiger charge is -2.35. The second kappa shape index (κ2) is 5.68. The van der Waals surface area contributed by atoms with Crippen LogP contribution >= 0.6 is 0 Å². The number of hydrogen-bond donors (Lipinski definition) is 1. The number of nitrogens with zero attached hydrogens (tertiary/aromatic N) is 5. The van der Waals surface area contributed by atoms with Crippen LogP contribution in [0.5, 0.6) is 0 Å². The predicted octanol–water partition coefficient (Wildman–Crippen LogP) is 0.647. The van der Waals surface area contributed by atoms with Crippen molar-refractivity contribution in [3.05, 3.63) is 10.1 Å². The van der Waals surface area contributed by atoms with E-state index in [1.54, 1.807) is 19.0 Å². The maximum Gasteiger partial charge on any atom is 0.353 e. The zero-order chi connectivity index (χ0) is 15.7. The van der Waals surface area contributed by atoms with Crippen molar-refractivity contribution in [2.45, 2.75) is 26.1 Å². The van der Waals surface area contributed by atoms with Crippen LogP contribution in [0.2, 0.25) is 0 Å². The molecule has 21 heavy (non-hydrogen) atoms. The van der Waals surface area contributed by atoms with Crippen LogP contribution in [0.4, 0.5) is 23.3 Å². The number of anilines is 3. The Kier molecular flexibility index (Phi) is 4.12. The van der Waals surface area contributed by atoms with E-state index in [1.807, 2.05) is 18.7 Å². The molecule has 9 nitrogen and oxygen atoms in total. The second-order valence-electron chi connectivity index (χ2n) is 5.39. The fourth-order valence-electron chi connectivity index (χ4n) is 2.39. The van der Waals surface area contributed by atoms with E-state index >= 15 is 0 Å². The minimum atomic E-state index is -0.533. The van der Waals surface area contributed by atoms with Crippen LogP contribution in [-0.4, -0.2) is 54.3 Å². The first-order chi connectivity index (χ1) is 9.79. The van der Waals surface area contributed by atoms with Gasteiger partial charge in [-0.05, 0) is 13.8 Å². The van der Waals surface area contributed by atoms with E-state index in [-0.39, 0.29) is 29.5 Å². The van der Waals surface area contributed by atoms with Crippen LogP contribution in [0.15, 0.2) is 0 Å². The Balaban J connectivity index is 2.51. The molecule has 0 radical (unpaired) electrons. The average molecular weight is 296 g/mol. The van der Waals surface area contributed by atoms with E-state index < -0.39 is 4.92 Å². The molecule has 2 heterocycles. The van der Waals surface area contributed by atoms with Crippen LogP contribution in [0, 0.1) is 10.1 Å². The Morgan fingerprint density at radius 3 is 2.38 bits per heavy atom. The maximum absolute atomic E-state index is 11.3. The minimum absolute atomic E-state index is 0.0349. The molecule has 0 saturated carbocycles. The van der Waals surface area contributed by atoms with Gasteiger partial charge in [-0.3, -0.25) is 10.1 Å². The molecule has 0 unspecified atom stereocenters. The van der Waals surface area contributed by atoms with Crippen molar-refractivity contribution in [2.75, 3.05) is 42.7 Å². The van der Waals surface area contributed by atoms with E-state index in [4.69, 9.17) is 10.5 Å². The smallest absolute Gasteiger partial charge is 0.353 e. The molecule has 1 fully saturated rings. The first kappa shape index (κ1) is 15.2. The summed E-state index contributed by atoms with van der Waals surface area (Å²) in [4.78, 5) is 22.6. The van der Waals surface area contributed by atoms with Gasteiger partial charge in [0.2, 0.25) is 17.6 Å². The molecule has 0 bridgehead atoms. The molecule has 0 amide bonds. The molecule has 0 spiro atoms. The average Bonchev–Trinajstić information content (AvgIpc) is 2.35. The van der Waals surface area contributed by atoms with Gasteiger partial charge in [0, 0.05) is 27.2 Å². The highest BCUT2D eigenvalue weighted by Crippen LogP contribution is 2.33. The molecule has 9 heteroatoms. The molecule has 2 atom stereocenters. The number of aromatic nitrogens is 2. The van der Waals surface area contributed by atoms with Crippen LogP contribution in [0.1, 0.15) is 13.8 Å². The summed E-state index contributed by atoms with van der Waals surface area (Å²) in [5.74, 6) is 0.471. The summed E-state index contributed by atoms with van der Waals surface area (Å²) >= 11 is 0. The Morgan fingerprint density at radius 1 is 1.33 bits per heavy atom. The zero-order valence-electron chi connectivity index (χ0n) is 12.6. The van der Waals surface area contributed by atoms with E-state index in [2.05, 4.69) is 9.97 Å². The number of hydrogen-bond acceptors (Lipinski definition) is 8. The number of ether oxygens (including phenoxy) is 1. The summed E-state index contributed by atoms with van der Waals surface area (Å²) < 4.78 is 5.65. The lowest BCUT2D eigenvalue weighted by atomic mass is 10.2. The van der Waals surface area contributed by atoms with Crippen LogP contribution in [0.25, 0.3) is 0 Å². The predicted molar refractivity (Wildman–Crippen MR) is 79.6 cm³/mol. The zero-order valence-corrected chi connectivity index (χ0v) is 12.6. The summed E-state index contributed by atoms with van der Waals surface area (Å²) in [6, 6.07) is 0. The van der Waals surface area contributed by atoms with Gasteiger partial charge in [0.05, 0.1) is 17.1 Å². The number of nitrogen functional groups attached to an aromatic ring is 1. The highest BCUT2D eigenvalue weighted by Gasteiger charge is 2.32. The topological polar surface area (TPSA) is 111 Å². The van der Waals surface area contributed by atoms with Crippen molar-refractivity contribution in [1.29, 1.82) is 0 Å². The lowest BCUT2D eigenvalue weighted by Crippen LogP contribution is -2.46. The van der Waals surface area contributed by atoms with Gasteiger partial charge in [0.1, 0.15) is 0 Å². The minimum Gasteiger partial charge on any atom is -0.378 e. The highest BCUT2D eigenvalue weighted by molar-refractivity contribution is 5.71. The Morgan fingerprint density at radius 2 is 1.90 bits per heavy atom. The maximum atomic E-state index is 11.3. The van der Waals surface area contributed by atoms with Crippen LogP contribution in [0.3, 0.4) is 0 Å². The third-order valence-electron chi connectivity index (χ3n) is 3.18. The molecule has 1 aromatic rings. The second-order valence-corrected chi connectivity index (χ2v) is 5.39. The van der Waals surface area contributed by atoms with E-state index in [0.717, 1.165) is 0 Å². The molecule has 116 valence electrons. The van der Waals surface area contributed by atoms with Gasteiger partial charge >= 0.3 is 5.69 Å². The van der Waals surface area contributed by atoms with Crippen molar-refractivity contribution in [1.82, 2.24) is 9.97 Å². The molecule has 0 aromatic carbocycles. The van der Waals surface area contributed by atoms with Crippen LogP contribution in [-0.2, 0) is 4.74 Å². The third kappa shape index (κ3) is 3.13. The first-order valence-corrected chi connectivity index (χ1v) is 6.69. The molecular weight excluding hydrogens is 276 g/mol. The molecule has 1 aromatic heterocycles. The van der Waals surface area contributed by atoms with E-state index in [1.165, 1.54) is 0 Å². The van der Waals surface area contributed by atoms with Crippen LogP contribution < -0.4 is 15.5 Å². The van der Waals surface area contributed by atoms with E-state index in [0.29, 0.717) is 19.0 Å². The molecule has 2 N–H and O–H groups in total. The molecule has 1 aliphatic rings. The van der Waals surface area contributed by atoms with Gasteiger partial charge < -0.3 is 20.3 Å². The van der Waals surface area contributed by atoms with Gasteiger partial charge in [0.15, 0.2) is 0 Å². The lowest BCUT2D eigenvalue weighted by molar-refractivity contribution is -0.383. The van der Waals surface area contributed by atoms with Gasteiger partial charge in [-0.25, -0.2) is 0 Å². The Labute approximate surface area is 122 Å². The summed E-state index contributed by atoms with van der Waals surface area (Å²) in [5.41, 5.74) is 5.51. The van der Waals surface area contributed by atoms with Gasteiger partial charge in [-0.1, -0.05) is 0 Å². The highest BCUT2D eigenvalue weighted by atomic mass is 16.6. The van der Waals surface area contributed by atoms with Gasteiger partial charge in [-0.15, -0.1) is 0 Å². The first-order valence-electron chi connectivity index (χ1n) is 6.69. The monoisotopic (exact) mass is 296 g/mol. The standard InChI is InChI=1S/C12H20N6O3/c1-7-5-17(6-8(2)21-7)11-9(18(19)20)10(13)14-12(15-11)16(3)4/h7-8H,5-6H2,1-4H3,(H2,13,14,15)/t7-,8+. The van der Waals surface area contributed by atoms with Gasteiger partial charge in [-0.2, -0.15) is 9.97 Å². The Hall–Kier alpha value is -2.16.